The summed E-state index contributed by atoms with van der Waals surface area (Å²) in [7, 11) is 0. The Morgan fingerprint density at radius 2 is 0.712 bits per heavy atom. The molecule has 0 spiro atoms. The number of fused-ring (bicyclic) bond motifs is 6. The van der Waals surface area contributed by atoms with Gasteiger partial charge in [0.1, 0.15) is 0 Å². The number of para-hydroxylation sites is 7. The van der Waals surface area contributed by atoms with Crippen molar-refractivity contribution in [1.82, 2.24) is 9.13 Å². The predicted octanol–water partition coefficient (Wildman–Crippen LogP) is 17.0. The molecule has 12 aromatic rings. The van der Waals surface area contributed by atoms with Crippen molar-refractivity contribution in [2.75, 3.05) is 9.80 Å². The summed E-state index contributed by atoms with van der Waals surface area (Å²) in [6.07, 6.45) is 4.49. The highest BCUT2D eigenvalue weighted by Crippen LogP contribution is 2.49. The molecule has 0 unspecified atom stereocenters. The fourth-order valence-electron chi connectivity index (χ4n) is 9.76. The maximum atomic E-state index is 2.45. The van der Waals surface area contributed by atoms with E-state index in [1.54, 1.807) is 0 Å². The molecule has 0 N–H and O–H groups in total. The summed E-state index contributed by atoms with van der Waals surface area (Å²) < 4.78 is 4.76. The maximum Gasteiger partial charge on any atom is 0.0775 e. The largest absolute Gasteiger partial charge is 0.309 e. The number of benzene rings is 10. The van der Waals surface area contributed by atoms with Crippen LogP contribution in [0.3, 0.4) is 0 Å². The summed E-state index contributed by atoms with van der Waals surface area (Å²) in [6, 6.07) is 91.6. The number of aromatic nitrogens is 2. The van der Waals surface area contributed by atoms with Crippen LogP contribution in [0.1, 0.15) is 11.1 Å². The second-order valence-electron chi connectivity index (χ2n) is 16.6. The molecule has 0 saturated carbocycles. The van der Waals surface area contributed by atoms with Gasteiger partial charge in [0.25, 0.3) is 0 Å². The van der Waals surface area contributed by atoms with Gasteiger partial charge < -0.3 is 18.9 Å². The standard InChI is InChI=1S/C62H44N4/c1-6-21-45(22-7-1)37-38-46-23-20-36-61(63(47-24-8-2-9-25-47)51-39-41-59-55(43-51)53-32-16-18-34-57(53)65(59)49-28-12-4-13-29-49)62(46)64(48-26-10-3-11-27-48)52-40-42-60-56(44-52)54-33-17-19-35-58(54)66(60)50-30-14-5-15-31-50/h1-44H. The van der Waals surface area contributed by atoms with Crippen LogP contribution < -0.4 is 9.80 Å². The van der Waals surface area contributed by atoms with Crippen molar-refractivity contribution in [3.8, 4) is 11.4 Å². The summed E-state index contributed by atoms with van der Waals surface area (Å²) in [5, 5.41) is 4.79. The van der Waals surface area contributed by atoms with Gasteiger partial charge in [-0.2, -0.15) is 0 Å². The maximum absolute atomic E-state index is 2.45. The van der Waals surface area contributed by atoms with E-state index in [1.165, 1.54) is 32.6 Å². The Morgan fingerprint density at radius 1 is 0.288 bits per heavy atom. The van der Waals surface area contributed by atoms with Crippen LogP contribution in [0.4, 0.5) is 34.1 Å². The number of rotatable bonds is 10. The van der Waals surface area contributed by atoms with Crippen LogP contribution >= 0.6 is 0 Å². The van der Waals surface area contributed by atoms with E-state index in [9.17, 15) is 0 Å². The van der Waals surface area contributed by atoms with Gasteiger partial charge in [-0.05, 0) is 109 Å². The lowest BCUT2D eigenvalue weighted by molar-refractivity contribution is 1.18. The van der Waals surface area contributed by atoms with Crippen LogP contribution in [0.2, 0.25) is 0 Å². The molecule has 66 heavy (non-hydrogen) atoms. The van der Waals surface area contributed by atoms with E-state index >= 15 is 0 Å². The van der Waals surface area contributed by atoms with Crippen LogP contribution in [0.25, 0.3) is 67.1 Å². The lowest BCUT2D eigenvalue weighted by Crippen LogP contribution is -2.18. The van der Waals surface area contributed by atoms with Gasteiger partial charge in [0.15, 0.2) is 0 Å². The molecule has 0 saturated heterocycles. The molecule has 10 aromatic carbocycles. The monoisotopic (exact) mass is 844 g/mol. The Kier molecular flexibility index (Phi) is 9.81. The minimum absolute atomic E-state index is 1.04. The molecule has 312 valence electrons. The fourth-order valence-corrected chi connectivity index (χ4v) is 9.76. The number of hydrogen-bond donors (Lipinski definition) is 0. The Labute approximate surface area is 384 Å². The number of anilines is 6. The molecule has 0 atom stereocenters. The predicted molar refractivity (Wildman–Crippen MR) is 280 cm³/mol. The minimum Gasteiger partial charge on any atom is -0.309 e. The summed E-state index contributed by atoms with van der Waals surface area (Å²) in [5.74, 6) is 0. The van der Waals surface area contributed by atoms with Crippen molar-refractivity contribution in [2.24, 2.45) is 0 Å². The Bertz CT molecular complexity index is 3690. The molecule has 4 nitrogen and oxygen atoms in total. The van der Waals surface area contributed by atoms with Gasteiger partial charge in [-0.1, -0.05) is 164 Å². The van der Waals surface area contributed by atoms with E-state index in [0.717, 1.165) is 67.7 Å². The highest BCUT2D eigenvalue weighted by atomic mass is 15.2. The zero-order valence-corrected chi connectivity index (χ0v) is 36.2. The Morgan fingerprint density at radius 3 is 1.24 bits per heavy atom. The summed E-state index contributed by atoms with van der Waals surface area (Å²) in [5.41, 5.74) is 15.5. The molecule has 0 fully saturated rings. The molecule has 4 heteroatoms. The molecular weight excluding hydrogens is 801 g/mol. The second-order valence-corrected chi connectivity index (χ2v) is 16.6. The highest BCUT2D eigenvalue weighted by molar-refractivity contribution is 6.12. The molecule has 0 radical (unpaired) electrons. The Hall–Kier alpha value is -8.86. The first-order chi connectivity index (χ1) is 32.8. The molecule has 12 rings (SSSR count). The van der Waals surface area contributed by atoms with Crippen molar-refractivity contribution in [2.45, 2.75) is 0 Å². The lowest BCUT2D eigenvalue weighted by Gasteiger charge is -2.34. The molecule has 2 aromatic heterocycles. The zero-order valence-electron chi connectivity index (χ0n) is 36.2. The van der Waals surface area contributed by atoms with E-state index in [4.69, 9.17) is 0 Å². The number of hydrogen-bond acceptors (Lipinski definition) is 2. The van der Waals surface area contributed by atoms with Crippen LogP contribution in [0.15, 0.2) is 255 Å². The van der Waals surface area contributed by atoms with Crippen molar-refractivity contribution >= 4 is 89.9 Å². The molecule has 0 aliphatic heterocycles. The van der Waals surface area contributed by atoms with Gasteiger partial charge in [0.2, 0.25) is 0 Å². The van der Waals surface area contributed by atoms with E-state index < -0.39 is 0 Å². The SMILES string of the molecule is C(=Cc1cccc(N(c2ccccc2)c2ccc3c(c2)c2ccccc2n3-c2ccccc2)c1N(c1ccccc1)c1ccc2c(c1)c1ccccc1n2-c1ccccc1)c1ccccc1. The van der Waals surface area contributed by atoms with Crippen LogP contribution in [-0.4, -0.2) is 9.13 Å². The van der Waals surface area contributed by atoms with Crippen molar-refractivity contribution in [3.05, 3.63) is 266 Å². The summed E-state index contributed by atoms with van der Waals surface area (Å²) in [6.45, 7) is 0. The van der Waals surface area contributed by atoms with E-state index in [0.29, 0.717) is 0 Å². The molecule has 0 aliphatic carbocycles. The van der Waals surface area contributed by atoms with E-state index in [-0.39, 0.29) is 0 Å². The first kappa shape index (κ1) is 38.8. The van der Waals surface area contributed by atoms with Gasteiger partial charge in [-0.15, -0.1) is 0 Å². The average molecular weight is 845 g/mol. The minimum atomic E-state index is 1.04. The first-order valence-corrected chi connectivity index (χ1v) is 22.5. The van der Waals surface area contributed by atoms with Gasteiger partial charge in [0, 0.05) is 61.2 Å². The third-order valence-corrected chi connectivity index (χ3v) is 12.7. The summed E-state index contributed by atoms with van der Waals surface area (Å²) >= 11 is 0. The summed E-state index contributed by atoms with van der Waals surface area (Å²) in [4.78, 5) is 4.88. The first-order valence-electron chi connectivity index (χ1n) is 22.5. The zero-order chi connectivity index (χ0) is 43.8. The molecule has 0 aliphatic rings. The molecular formula is C62H44N4. The highest BCUT2D eigenvalue weighted by Gasteiger charge is 2.26. The second kappa shape index (κ2) is 16.7. The number of nitrogens with zero attached hydrogens (tertiary/aromatic N) is 4. The quantitative estimate of drug-likeness (QED) is 0.128. The molecule has 0 amide bonds. The van der Waals surface area contributed by atoms with Crippen LogP contribution in [0.5, 0.6) is 0 Å². The smallest absolute Gasteiger partial charge is 0.0775 e. The third kappa shape index (κ3) is 6.80. The van der Waals surface area contributed by atoms with Crippen molar-refractivity contribution < 1.29 is 0 Å². The topological polar surface area (TPSA) is 16.3 Å². The van der Waals surface area contributed by atoms with Gasteiger partial charge in [0.05, 0.1) is 33.4 Å². The van der Waals surface area contributed by atoms with Crippen LogP contribution in [-0.2, 0) is 0 Å². The van der Waals surface area contributed by atoms with Gasteiger partial charge in [-0.25, -0.2) is 0 Å². The third-order valence-electron chi connectivity index (χ3n) is 12.7. The fraction of sp³-hybridized carbons (Fsp3) is 0. The van der Waals surface area contributed by atoms with Gasteiger partial charge in [-0.3, -0.25) is 0 Å². The Balaban J connectivity index is 1.13. The van der Waals surface area contributed by atoms with Crippen molar-refractivity contribution in [3.63, 3.8) is 0 Å². The molecule has 2 heterocycles. The normalized spacial score (nSPS) is 11.6. The van der Waals surface area contributed by atoms with Crippen LogP contribution in [0, 0.1) is 0 Å². The van der Waals surface area contributed by atoms with E-state index in [1.807, 2.05) is 0 Å². The van der Waals surface area contributed by atoms with E-state index in [2.05, 4.69) is 286 Å². The van der Waals surface area contributed by atoms with Crippen molar-refractivity contribution in [1.29, 1.82) is 0 Å². The molecule has 0 bridgehead atoms. The lowest BCUT2D eigenvalue weighted by atomic mass is 10.0. The average Bonchev–Trinajstić information content (AvgIpc) is 3.90. The van der Waals surface area contributed by atoms with Gasteiger partial charge >= 0.3 is 0 Å².